The highest BCUT2D eigenvalue weighted by Gasteiger charge is 2.50. The van der Waals surface area contributed by atoms with Crippen LogP contribution in [0.25, 0.3) is 0 Å². The van der Waals surface area contributed by atoms with E-state index in [4.69, 9.17) is 4.74 Å². The Morgan fingerprint density at radius 1 is 0.850 bits per heavy atom. The van der Waals surface area contributed by atoms with Crippen molar-refractivity contribution < 1.29 is 4.74 Å². The van der Waals surface area contributed by atoms with Crippen molar-refractivity contribution in [2.24, 2.45) is 0 Å². The van der Waals surface area contributed by atoms with Gasteiger partial charge in [-0.05, 0) is 31.9 Å². The molecule has 0 fully saturated rings. The van der Waals surface area contributed by atoms with E-state index in [9.17, 15) is 0 Å². The largest absolute Gasteiger partial charge is 0.359 e. The predicted molar refractivity (Wildman–Crippen MR) is 86.0 cm³/mol. The molecule has 0 saturated heterocycles. The third kappa shape index (κ3) is 1.82. The average Bonchev–Trinajstić information content (AvgIpc) is 2.69. The van der Waals surface area contributed by atoms with E-state index in [1.165, 1.54) is 22.3 Å². The summed E-state index contributed by atoms with van der Waals surface area (Å²) in [6.45, 7) is 6.70. The summed E-state index contributed by atoms with van der Waals surface area (Å²) in [5.74, 6) is 0. The number of aryl methyl sites for hydroxylation is 1. The van der Waals surface area contributed by atoms with E-state index in [0.717, 1.165) is 0 Å². The maximum atomic E-state index is 6.09. The molecule has 2 aromatic rings. The molecule has 0 saturated carbocycles. The number of hydrogen-bond acceptors (Lipinski definition) is 2. The van der Waals surface area contributed by atoms with E-state index < -0.39 is 4.93 Å². The van der Waals surface area contributed by atoms with Gasteiger partial charge in [-0.15, -0.1) is 11.8 Å². The SMILES string of the molecule is COC1(c2ccccc2C)SC(C)(C)c2ccccc21. The van der Waals surface area contributed by atoms with Gasteiger partial charge in [-0.25, -0.2) is 0 Å². The van der Waals surface area contributed by atoms with Crippen molar-refractivity contribution in [2.45, 2.75) is 30.5 Å². The summed E-state index contributed by atoms with van der Waals surface area (Å²) in [6.07, 6.45) is 0. The van der Waals surface area contributed by atoms with E-state index in [1.807, 2.05) is 18.9 Å². The predicted octanol–water partition coefficient (Wildman–Crippen LogP) is 4.82. The number of fused-ring (bicyclic) bond motifs is 1. The standard InChI is InChI=1S/C18H20OS/c1-13-9-5-6-10-14(13)18(19-4)16-12-8-7-11-15(16)17(2,3)20-18/h5-12H,1-4H3. The van der Waals surface area contributed by atoms with Gasteiger partial charge in [0.05, 0.1) is 0 Å². The van der Waals surface area contributed by atoms with Crippen LogP contribution in [-0.4, -0.2) is 7.11 Å². The Hall–Kier alpha value is -1.25. The van der Waals surface area contributed by atoms with E-state index in [2.05, 4.69) is 69.3 Å². The van der Waals surface area contributed by atoms with Crippen molar-refractivity contribution in [3.63, 3.8) is 0 Å². The Bertz CT molecular complexity index is 647. The molecule has 0 spiro atoms. The summed E-state index contributed by atoms with van der Waals surface area (Å²) >= 11 is 1.89. The topological polar surface area (TPSA) is 9.23 Å². The molecule has 1 atom stereocenters. The second-order valence-electron chi connectivity index (χ2n) is 5.79. The molecule has 1 aliphatic rings. The van der Waals surface area contributed by atoms with Crippen LogP contribution < -0.4 is 0 Å². The summed E-state index contributed by atoms with van der Waals surface area (Å²) in [4.78, 5) is -0.397. The van der Waals surface area contributed by atoms with Gasteiger partial charge in [0, 0.05) is 23.0 Å². The molecule has 1 heterocycles. The molecule has 1 nitrogen and oxygen atoms in total. The van der Waals surface area contributed by atoms with Crippen molar-refractivity contribution in [3.8, 4) is 0 Å². The first-order valence-corrected chi connectivity index (χ1v) is 7.74. The van der Waals surface area contributed by atoms with Crippen LogP contribution in [0.2, 0.25) is 0 Å². The number of thioether (sulfide) groups is 1. The fourth-order valence-corrected chi connectivity index (χ4v) is 4.89. The molecule has 0 N–H and O–H groups in total. The number of methoxy groups -OCH3 is 1. The van der Waals surface area contributed by atoms with Crippen LogP contribution in [0, 0.1) is 6.92 Å². The smallest absolute Gasteiger partial charge is 0.165 e. The minimum Gasteiger partial charge on any atom is -0.359 e. The zero-order valence-corrected chi connectivity index (χ0v) is 13.3. The first-order chi connectivity index (χ1) is 9.51. The molecule has 0 bridgehead atoms. The van der Waals surface area contributed by atoms with Gasteiger partial charge in [0.25, 0.3) is 0 Å². The van der Waals surface area contributed by atoms with Crippen LogP contribution in [0.5, 0.6) is 0 Å². The molecule has 2 heteroatoms. The van der Waals surface area contributed by atoms with Crippen LogP contribution in [0.3, 0.4) is 0 Å². The fourth-order valence-electron chi connectivity index (χ4n) is 3.17. The van der Waals surface area contributed by atoms with E-state index >= 15 is 0 Å². The van der Waals surface area contributed by atoms with Crippen LogP contribution in [0.4, 0.5) is 0 Å². The molecule has 104 valence electrons. The normalized spacial score (nSPS) is 23.6. The molecule has 3 rings (SSSR count). The van der Waals surface area contributed by atoms with Gasteiger partial charge in [0.1, 0.15) is 0 Å². The Labute approximate surface area is 125 Å². The Morgan fingerprint density at radius 2 is 1.40 bits per heavy atom. The maximum Gasteiger partial charge on any atom is 0.165 e. The lowest BCUT2D eigenvalue weighted by atomic mass is 9.89. The Morgan fingerprint density at radius 3 is 2.00 bits per heavy atom. The zero-order chi connectivity index (χ0) is 14.4. The highest BCUT2D eigenvalue weighted by atomic mass is 32.2. The van der Waals surface area contributed by atoms with Crippen molar-refractivity contribution in [1.29, 1.82) is 0 Å². The average molecular weight is 284 g/mol. The monoisotopic (exact) mass is 284 g/mol. The van der Waals surface area contributed by atoms with E-state index in [-0.39, 0.29) is 4.75 Å². The number of hydrogen-bond donors (Lipinski definition) is 0. The van der Waals surface area contributed by atoms with Gasteiger partial charge < -0.3 is 4.74 Å². The summed E-state index contributed by atoms with van der Waals surface area (Å²) in [7, 11) is 1.82. The summed E-state index contributed by atoms with van der Waals surface area (Å²) in [5, 5.41) is 0. The zero-order valence-electron chi connectivity index (χ0n) is 12.4. The van der Waals surface area contributed by atoms with Gasteiger partial charge >= 0.3 is 0 Å². The molecule has 2 aromatic carbocycles. The number of benzene rings is 2. The molecule has 0 aromatic heterocycles. The fraction of sp³-hybridized carbons (Fsp3) is 0.333. The highest BCUT2D eigenvalue weighted by molar-refractivity contribution is 8.01. The highest BCUT2D eigenvalue weighted by Crippen LogP contribution is 2.61. The quantitative estimate of drug-likeness (QED) is 0.781. The van der Waals surface area contributed by atoms with Gasteiger partial charge in [-0.1, -0.05) is 48.5 Å². The van der Waals surface area contributed by atoms with Crippen molar-refractivity contribution in [3.05, 3.63) is 70.8 Å². The van der Waals surface area contributed by atoms with Crippen LogP contribution in [0.1, 0.15) is 36.1 Å². The number of rotatable bonds is 2. The molecule has 20 heavy (non-hydrogen) atoms. The summed E-state index contributed by atoms with van der Waals surface area (Å²) in [5.41, 5.74) is 5.18. The van der Waals surface area contributed by atoms with Crippen LogP contribution in [-0.2, 0) is 14.4 Å². The lowest BCUT2D eigenvalue weighted by Crippen LogP contribution is -2.25. The minimum absolute atomic E-state index is 0.0505. The molecular weight excluding hydrogens is 264 g/mol. The summed E-state index contributed by atoms with van der Waals surface area (Å²) < 4.78 is 6.14. The second kappa shape index (κ2) is 4.64. The van der Waals surface area contributed by atoms with Crippen molar-refractivity contribution >= 4 is 11.8 Å². The van der Waals surface area contributed by atoms with Gasteiger partial charge in [-0.2, -0.15) is 0 Å². The lowest BCUT2D eigenvalue weighted by molar-refractivity contribution is 0.105. The molecule has 1 aliphatic heterocycles. The van der Waals surface area contributed by atoms with Gasteiger partial charge in [-0.3, -0.25) is 0 Å². The maximum absolute atomic E-state index is 6.09. The second-order valence-corrected chi connectivity index (χ2v) is 7.59. The van der Waals surface area contributed by atoms with E-state index in [0.29, 0.717) is 0 Å². The molecule has 0 aliphatic carbocycles. The third-order valence-electron chi connectivity index (χ3n) is 4.12. The summed E-state index contributed by atoms with van der Waals surface area (Å²) in [6, 6.07) is 17.2. The molecule has 1 unspecified atom stereocenters. The first-order valence-electron chi connectivity index (χ1n) is 6.93. The van der Waals surface area contributed by atoms with Crippen molar-refractivity contribution in [1.82, 2.24) is 0 Å². The molecule has 0 radical (unpaired) electrons. The molecule has 0 amide bonds. The van der Waals surface area contributed by atoms with Gasteiger partial charge in [0.15, 0.2) is 4.93 Å². The number of ether oxygens (including phenoxy) is 1. The lowest BCUT2D eigenvalue weighted by Gasteiger charge is -2.31. The van der Waals surface area contributed by atoms with Crippen molar-refractivity contribution in [2.75, 3.05) is 7.11 Å². The minimum atomic E-state index is -0.397. The van der Waals surface area contributed by atoms with Gasteiger partial charge in [0.2, 0.25) is 0 Å². The molecular formula is C18H20OS. The van der Waals surface area contributed by atoms with E-state index in [1.54, 1.807) is 0 Å². The Balaban J connectivity index is 2.29. The first kappa shape index (κ1) is 13.7. The third-order valence-corrected chi connectivity index (χ3v) is 5.74. The van der Waals surface area contributed by atoms with Crippen LogP contribution >= 0.6 is 11.8 Å². The Kier molecular flexibility index (Phi) is 3.19. The van der Waals surface area contributed by atoms with Crippen LogP contribution in [0.15, 0.2) is 48.5 Å².